The van der Waals surface area contributed by atoms with Gasteiger partial charge in [0.1, 0.15) is 6.10 Å². The van der Waals surface area contributed by atoms with Crippen LogP contribution in [-0.2, 0) is 9.47 Å². The Balaban J connectivity index is 0.000000408. The summed E-state index contributed by atoms with van der Waals surface area (Å²) in [4.78, 5) is 0. The van der Waals surface area contributed by atoms with Gasteiger partial charge in [-0.05, 0) is 23.1 Å². The number of benzene rings is 1. The number of methoxy groups -OCH3 is 2. The van der Waals surface area contributed by atoms with Gasteiger partial charge in [0.25, 0.3) is 0 Å². The highest BCUT2D eigenvalue weighted by molar-refractivity contribution is 7.50. The zero-order chi connectivity index (χ0) is 18.8. The molecule has 0 spiro atoms. The minimum absolute atomic E-state index is 0.205. The summed E-state index contributed by atoms with van der Waals surface area (Å²) in [6, 6.07) is 9.59. The van der Waals surface area contributed by atoms with E-state index in [0.29, 0.717) is 0 Å². The van der Waals surface area contributed by atoms with Gasteiger partial charge in [-0.1, -0.05) is 25.1 Å². The lowest BCUT2D eigenvalue weighted by atomic mass is 10.3. The number of aliphatic hydroxyl groups is 2. The summed E-state index contributed by atoms with van der Waals surface area (Å²) in [7, 11) is 3.62. The van der Waals surface area contributed by atoms with Gasteiger partial charge in [-0.2, -0.15) is 0 Å². The van der Waals surface area contributed by atoms with Crippen LogP contribution in [0.3, 0.4) is 0 Å². The molecule has 0 radical (unpaired) electrons. The molecule has 0 aliphatic heterocycles. The van der Waals surface area contributed by atoms with Crippen LogP contribution in [0.15, 0.2) is 30.3 Å². The maximum atomic E-state index is 8.48. The number of aliphatic hydroxyl groups excluding tert-OH is 2. The van der Waals surface area contributed by atoms with Crippen LogP contribution in [0.2, 0.25) is 0 Å². The summed E-state index contributed by atoms with van der Waals surface area (Å²) in [5, 5.41) is 16.6. The number of hydrogen-bond donors (Lipinski definition) is 2. The van der Waals surface area contributed by atoms with Crippen molar-refractivity contribution < 1.29 is 24.2 Å². The van der Waals surface area contributed by atoms with Crippen LogP contribution in [0.4, 0.5) is 0 Å². The van der Waals surface area contributed by atoms with E-state index in [-0.39, 0.29) is 13.2 Å². The smallest absolute Gasteiger partial charge is 0.394 e. The lowest BCUT2D eigenvalue weighted by Gasteiger charge is -2.01. The quantitative estimate of drug-likeness (QED) is 0.720. The summed E-state index contributed by atoms with van der Waals surface area (Å²) >= 11 is 0. The second-order valence-corrected chi connectivity index (χ2v) is 7.58. The van der Waals surface area contributed by atoms with Crippen molar-refractivity contribution in [3.8, 4) is 5.75 Å². The number of hydrogen-bond acceptors (Lipinski definition) is 8. The number of rotatable bonds is 7. The van der Waals surface area contributed by atoms with E-state index in [1.165, 1.54) is 7.11 Å². The Labute approximate surface area is 153 Å². The highest BCUT2D eigenvalue weighted by Gasteiger charge is 2.05. The van der Waals surface area contributed by atoms with Crippen LogP contribution in [0.1, 0.15) is 13.3 Å². The predicted octanol–water partition coefficient (Wildman–Crippen LogP) is 3.17. The van der Waals surface area contributed by atoms with E-state index >= 15 is 0 Å². The Hall–Kier alpha value is -0.840. The van der Waals surface area contributed by atoms with Crippen molar-refractivity contribution in [1.82, 2.24) is 13.5 Å². The Bertz CT molecular complexity index is 474. The molecule has 1 unspecified atom stereocenters. The lowest BCUT2D eigenvalue weighted by molar-refractivity contribution is 0.0254. The fourth-order valence-electron chi connectivity index (χ4n) is 1.20. The Morgan fingerprint density at radius 1 is 1.12 bits per heavy atom. The van der Waals surface area contributed by atoms with Gasteiger partial charge >= 0.3 is 25.1 Å². The zero-order valence-electron chi connectivity index (χ0n) is 14.6. The molecular weight excluding hydrogens is 383 g/mol. The first-order chi connectivity index (χ1) is 12.2. The summed E-state index contributed by atoms with van der Waals surface area (Å²) in [6.07, 6.45) is 0.404. The summed E-state index contributed by atoms with van der Waals surface area (Å²) < 4.78 is 26.8. The molecule has 1 heterocycles. The van der Waals surface area contributed by atoms with Crippen molar-refractivity contribution in [2.75, 3.05) is 34.0 Å². The second kappa shape index (κ2) is 18.0. The van der Waals surface area contributed by atoms with Gasteiger partial charge in [0.05, 0.1) is 13.2 Å². The maximum Gasteiger partial charge on any atom is 0.414 e. The SMILES string of the molecule is CCCOC.COCC(O)CO.c1ccc(O[p+]2npnpn2)cc1. The van der Waals surface area contributed by atoms with E-state index in [9.17, 15) is 0 Å². The van der Waals surface area contributed by atoms with Crippen LogP contribution in [-0.4, -0.2) is 63.9 Å². The zero-order valence-corrected chi connectivity index (χ0v) is 17.3. The van der Waals surface area contributed by atoms with Gasteiger partial charge in [-0.15, -0.1) is 0 Å². The monoisotopic (exact) mass is 408 g/mol. The third kappa shape index (κ3) is 15.2. The van der Waals surface area contributed by atoms with Gasteiger partial charge in [0.2, 0.25) is 0 Å². The predicted molar refractivity (Wildman–Crippen MR) is 102 cm³/mol. The highest BCUT2D eigenvalue weighted by atomic mass is 31.2. The van der Waals surface area contributed by atoms with Gasteiger partial charge < -0.3 is 24.2 Å². The summed E-state index contributed by atoms with van der Waals surface area (Å²) in [5.41, 5.74) is 0. The van der Waals surface area contributed by atoms with Crippen LogP contribution >= 0.6 is 25.1 Å². The first kappa shape index (κ1) is 24.2. The second-order valence-electron chi connectivity index (χ2n) is 4.39. The first-order valence-corrected chi connectivity index (χ1v) is 10.3. The number of nitrogens with zero attached hydrogens (tertiary/aromatic N) is 3. The van der Waals surface area contributed by atoms with E-state index in [0.717, 1.165) is 35.8 Å². The van der Waals surface area contributed by atoms with Crippen molar-refractivity contribution >= 4 is 25.1 Å². The minimum atomic E-state index is -1.02. The van der Waals surface area contributed by atoms with Gasteiger partial charge in [0, 0.05) is 29.8 Å². The molecule has 1 aromatic heterocycles. The van der Waals surface area contributed by atoms with Gasteiger partial charge in [-0.3, -0.25) is 0 Å². The molecule has 2 rings (SSSR count). The highest BCUT2D eigenvalue weighted by Crippen LogP contribution is 2.26. The first-order valence-electron chi connectivity index (χ1n) is 7.49. The number of aromatic nitrogens is 3. The Morgan fingerprint density at radius 2 is 1.76 bits per heavy atom. The van der Waals surface area contributed by atoms with Crippen LogP contribution < -0.4 is 4.52 Å². The van der Waals surface area contributed by atoms with Crippen LogP contribution in [0.25, 0.3) is 0 Å². The van der Waals surface area contributed by atoms with Crippen molar-refractivity contribution in [2.24, 2.45) is 0 Å². The molecule has 2 aromatic rings. The minimum Gasteiger partial charge on any atom is -0.394 e. The molecule has 1 aromatic carbocycles. The third-order valence-corrected chi connectivity index (χ3v) is 5.10. The maximum absolute atomic E-state index is 8.48. The number of ether oxygens (including phenoxy) is 2. The molecule has 140 valence electrons. The molecule has 0 bridgehead atoms. The molecular formula is C14H25N3O5P3+. The molecule has 0 saturated heterocycles. The molecule has 8 nitrogen and oxygen atoms in total. The fraction of sp³-hybridized carbons (Fsp3) is 0.571. The molecule has 11 heteroatoms. The topological polar surface area (TPSA) is 107 Å². The van der Waals surface area contributed by atoms with E-state index in [1.54, 1.807) is 7.11 Å². The van der Waals surface area contributed by atoms with Crippen molar-refractivity contribution in [3.05, 3.63) is 30.3 Å². The Morgan fingerprint density at radius 3 is 2.16 bits per heavy atom. The molecule has 0 fully saturated rings. The molecule has 0 amide bonds. The van der Waals surface area contributed by atoms with Gasteiger partial charge in [0.15, 0.2) is 5.75 Å². The van der Waals surface area contributed by atoms with E-state index < -0.39 is 14.2 Å². The van der Waals surface area contributed by atoms with Crippen LogP contribution in [0.5, 0.6) is 5.75 Å². The summed E-state index contributed by atoms with van der Waals surface area (Å²) in [6.45, 7) is 2.95. The van der Waals surface area contributed by atoms with Crippen LogP contribution in [0, 0.1) is 0 Å². The third-order valence-electron chi connectivity index (χ3n) is 2.22. The molecule has 2 N–H and O–H groups in total. The summed E-state index contributed by atoms with van der Waals surface area (Å²) in [5.74, 6) is 0.813. The average molecular weight is 408 g/mol. The molecule has 0 aliphatic carbocycles. The normalized spacial score (nSPS) is 12.0. The fourth-order valence-corrected chi connectivity index (χ4v) is 3.89. The standard InChI is InChI=1S/C6H5N3OP3.C4H10O3.C4H10O/c1-2-4-6(5-3-1)10-13-8-11-7-12-9-13;1-7-3-4(6)2-5;1-3-4-5-2/h1-5H;4-6H,2-3H2,1H3;3-4H2,1-2H3/q+1;;. The molecule has 0 aliphatic rings. The number of para-hydroxylation sites is 1. The Kier molecular flexibility index (Phi) is 17.4. The largest absolute Gasteiger partial charge is 0.414 e. The lowest BCUT2D eigenvalue weighted by Crippen LogP contribution is -2.17. The average Bonchev–Trinajstić information content (AvgIpc) is 2.65. The van der Waals surface area contributed by atoms with Crippen molar-refractivity contribution in [2.45, 2.75) is 19.4 Å². The van der Waals surface area contributed by atoms with E-state index in [1.807, 2.05) is 30.3 Å². The van der Waals surface area contributed by atoms with E-state index in [4.69, 9.17) is 19.5 Å². The molecule has 0 saturated carbocycles. The van der Waals surface area contributed by atoms with Crippen molar-refractivity contribution in [3.63, 3.8) is 0 Å². The molecule has 25 heavy (non-hydrogen) atoms. The molecule has 1 atom stereocenters. The van der Waals surface area contributed by atoms with Gasteiger partial charge in [-0.25, -0.2) is 0 Å². The van der Waals surface area contributed by atoms with E-state index in [2.05, 4.69) is 25.2 Å². The van der Waals surface area contributed by atoms with Crippen molar-refractivity contribution in [1.29, 1.82) is 0 Å².